The van der Waals surface area contributed by atoms with E-state index in [0.717, 1.165) is 0 Å². The number of amides is 1. The molecule has 4 nitrogen and oxygen atoms in total. The summed E-state index contributed by atoms with van der Waals surface area (Å²) >= 11 is 0. The summed E-state index contributed by atoms with van der Waals surface area (Å²) in [5.74, 6) is -0.128. The number of hydrogen-bond donors (Lipinski definition) is 2. The molecule has 0 aliphatic heterocycles. The molecule has 3 N–H and O–H groups in total. The molecule has 1 rings (SSSR count). The third kappa shape index (κ3) is 4.74. The Balaban J connectivity index is 0.00000225. The lowest BCUT2D eigenvalue weighted by atomic mass is 10.3. The maximum absolute atomic E-state index is 11.2. The van der Waals surface area contributed by atoms with Crippen LogP contribution in [-0.2, 0) is 15.6 Å². The number of hydrogen-bond acceptors (Lipinski definition) is 3. The Bertz CT molecular complexity index is 385. The van der Waals surface area contributed by atoms with Crippen LogP contribution in [0.1, 0.15) is 6.42 Å². The van der Waals surface area contributed by atoms with E-state index in [2.05, 4.69) is 5.32 Å². The minimum Gasteiger partial charge on any atom is -0.330 e. The number of nitrogens with one attached hydrogen (secondary N) is 1. The van der Waals surface area contributed by atoms with Crippen molar-refractivity contribution in [2.75, 3.05) is 18.1 Å². The predicted octanol–water partition coefficient (Wildman–Crippen LogP) is 1.13. The maximum Gasteiger partial charge on any atom is 0.225 e. The SMILES string of the molecule is CS(=O)c1cccc(NC(=O)CCN)c1.Cl. The molecule has 0 heterocycles. The lowest BCUT2D eigenvalue weighted by Crippen LogP contribution is -2.16. The van der Waals surface area contributed by atoms with Gasteiger partial charge in [0.25, 0.3) is 0 Å². The molecule has 1 amide bonds. The zero-order valence-corrected chi connectivity index (χ0v) is 10.6. The van der Waals surface area contributed by atoms with Gasteiger partial charge in [0.15, 0.2) is 0 Å². The Morgan fingerprint density at radius 2 is 2.19 bits per heavy atom. The van der Waals surface area contributed by atoms with Crippen LogP contribution in [0.4, 0.5) is 5.69 Å². The van der Waals surface area contributed by atoms with Gasteiger partial charge in [-0.15, -0.1) is 12.4 Å². The quantitative estimate of drug-likeness (QED) is 0.855. The Labute approximate surface area is 103 Å². The fourth-order valence-electron chi connectivity index (χ4n) is 1.11. The smallest absolute Gasteiger partial charge is 0.225 e. The summed E-state index contributed by atoms with van der Waals surface area (Å²) in [6, 6.07) is 6.97. The van der Waals surface area contributed by atoms with Gasteiger partial charge in [0.1, 0.15) is 0 Å². The van der Waals surface area contributed by atoms with Crippen molar-refractivity contribution in [2.45, 2.75) is 11.3 Å². The molecule has 1 aromatic carbocycles. The van der Waals surface area contributed by atoms with Gasteiger partial charge in [-0.1, -0.05) is 6.07 Å². The van der Waals surface area contributed by atoms with Gasteiger partial charge >= 0.3 is 0 Å². The molecule has 6 heteroatoms. The molecule has 0 spiro atoms. The van der Waals surface area contributed by atoms with Crippen molar-refractivity contribution in [3.8, 4) is 0 Å². The number of rotatable bonds is 4. The van der Waals surface area contributed by atoms with Crippen molar-refractivity contribution in [1.82, 2.24) is 0 Å². The Kier molecular flexibility index (Phi) is 6.96. The summed E-state index contributed by atoms with van der Waals surface area (Å²) < 4.78 is 11.2. The second-order valence-corrected chi connectivity index (χ2v) is 4.45. The van der Waals surface area contributed by atoms with Crippen LogP contribution in [0.3, 0.4) is 0 Å². The fraction of sp³-hybridized carbons (Fsp3) is 0.300. The number of benzene rings is 1. The summed E-state index contributed by atoms with van der Waals surface area (Å²) in [6.45, 7) is 0.325. The van der Waals surface area contributed by atoms with Crippen LogP contribution in [-0.4, -0.2) is 22.9 Å². The van der Waals surface area contributed by atoms with Crippen LogP contribution in [0.15, 0.2) is 29.2 Å². The molecule has 1 atom stereocenters. The van der Waals surface area contributed by atoms with Crippen LogP contribution in [0.5, 0.6) is 0 Å². The molecule has 0 radical (unpaired) electrons. The highest BCUT2D eigenvalue weighted by atomic mass is 35.5. The first kappa shape index (κ1) is 15.1. The number of carbonyl (C=O) groups excluding carboxylic acids is 1. The Hall–Kier alpha value is -0.910. The lowest BCUT2D eigenvalue weighted by molar-refractivity contribution is -0.116. The van der Waals surface area contributed by atoms with Crippen LogP contribution in [0, 0.1) is 0 Å². The highest BCUT2D eigenvalue weighted by molar-refractivity contribution is 7.84. The van der Waals surface area contributed by atoms with Crippen molar-refractivity contribution in [3.63, 3.8) is 0 Å². The highest BCUT2D eigenvalue weighted by Gasteiger charge is 2.02. The van der Waals surface area contributed by atoms with E-state index in [1.807, 2.05) is 0 Å². The Morgan fingerprint density at radius 1 is 1.50 bits per heavy atom. The molecule has 90 valence electrons. The summed E-state index contributed by atoms with van der Waals surface area (Å²) in [6.07, 6.45) is 1.89. The van der Waals surface area contributed by atoms with Gasteiger partial charge in [-0.05, 0) is 18.2 Å². The van der Waals surface area contributed by atoms with Crippen molar-refractivity contribution in [2.24, 2.45) is 5.73 Å². The fourth-order valence-corrected chi connectivity index (χ4v) is 1.67. The van der Waals surface area contributed by atoms with Gasteiger partial charge in [0, 0.05) is 40.6 Å². The number of carbonyl (C=O) groups is 1. The lowest BCUT2D eigenvalue weighted by Gasteiger charge is -2.05. The van der Waals surface area contributed by atoms with E-state index in [4.69, 9.17) is 5.73 Å². The van der Waals surface area contributed by atoms with E-state index in [0.29, 0.717) is 23.5 Å². The van der Waals surface area contributed by atoms with Crippen molar-refractivity contribution >= 4 is 34.8 Å². The third-order valence-electron chi connectivity index (χ3n) is 1.82. The number of nitrogens with two attached hydrogens (primary N) is 1. The molecule has 0 aliphatic carbocycles. The minimum absolute atomic E-state index is 0. The average molecular weight is 263 g/mol. The zero-order chi connectivity index (χ0) is 11.3. The van der Waals surface area contributed by atoms with Gasteiger partial charge < -0.3 is 11.1 Å². The minimum atomic E-state index is -1.03. The van der Waals surface area contributed by atoms with E-state index in [1.165, 1.54) is 0 Å². The molecular weight excluding hydrogens is 248 g/mol. The first-order valence-corrected chi connectivity index (χ1v) is 6.12. The van der Waals surface area contributed by atoms with Crippen LogP contribution < -0.4 is 11.1 Å². The van der Waals surface area contributed by atoms with Gasteiger partial charge in [0.05, 0.1) is 0 Å². The van der Waals surface area contributed by atoms with Gasteiger partial charge in [-0.2, -0.15) is 0 Å². The van der Waals surface area contributed by atoms with Crippen molar-refractivity contribution in [1.29, 1.82) is 0 Å². The molecule has 0 fully saturated rings. The van der Waals surface area contributed by atoms with Gasteiger partial charge in [-0.25, -0.2) is 0 Å². The van der Waals surface area contributed by atoms with E-state index in [1.54, 1.807) is 30.5 Å². The molecule has 0 saturated carbocycles. The third-order valence-corrected chi connectivity index (χ3v) is 2.74. The first-order valence-electron chi connectivity index (χ1n) is 4.57. The Morgan fingerprint density at radius 3 is 2.75 bits per heavy atom. The van der Waals surface area contributed by atoms with Crippen molar-refractivity contribution in [3.05, 3.63) is 24.3 Å². The van der Waals surface area contributed by atoms with Crippen molar-refractivity contribution < 1.29 is 9.00 Å². The second kappa shape index (κ2) is 7.38. The largest absolute Gasteiger partial charge is 0.330 e. The molecule has 0 aromatic heterocycles. The van der Waals surface area contributed by atoms with E-state index in [-0.39, 0.29) is 18.3 Å². The molecule has 0 saturated heterocycles. The molecule has 1 aromatic rings. The number of halogens is 1. The zero-order valence-electron chi connectivity index (χ0n) is 8.93. The summed E-state index contributed by atoms with van der Waals surface area (Å²) in [5.41, 5.74) is 5.91. The molecule has 1 unspecified atom stereocenters. The molecule has 0 aliphatic rings. The first-order chi connectivity index (χ1) is 7.13. The predicted molar refractivity (Wildman–Crippen MR) is 68.3 cm³/mol. The topological polar surface area (TPSA) is 72.2 Å². The monoisotopic (exact) mass is 262 g/mol. The summed E-state index contributed by atoms with van der Waals surface area (Å²) in [5, 5.41) is 2.68. The van der Waals surface area contributed by atoms with E-state index >= 15 is 0 Å². The van der Waals surface area contributed by atoms with E-state index in [9.17, 15) is 9.00 Å². The van der Waals surface area contributed by atoms with Gasteiger partial charge in [-0.3, -0.25) is 9.00 Å². The second-order valence-electron chi connectivity index (χ2n) is 3.07. The maximum atomic E-state index is 11.2. The van der Waals surface area contributed by atoms with E-state index < -0.39 is 10.8 Å². The molecular formula is C10H15ClN2O2S. The average Bonchev–Trinajstić information content (AvgIpc) is 2.18. The van der Waals surface area contributed by atoms with Crippen LogP contribution in [0.2, 0.25) is 0 Å². The van der Waals surface area contributed by atoms with Gasteiger partial charge in [0.2, 0.25) is 5.91 Å². The summed E-state index contributed by atoms with van der Waals surface area (Å²) in [4.78, 5) is 11.9. The van der Waals surface area contributed by atoms with Crippen LogP contribution in [0.25, 0.3) is 0 Å². The standard InChI is InChI=1S/C10H14N2O2S.ClH/c1-15(14)9-4-2-3-8(7-9)12-10(13)5-6-11;/h2-4,7H,5-6,11H2,1H3,(H,12,13);1H. The number of anilines is 1. The van der Waals surface area contributed by atoms with Crippen LogP contribution >= 0.6 is 12.4 Å². The summed E-state index contributed by atoms with van der Waals surface area (Å²) in [7, 11) is -1.03. The molecule has 0 bridgehead atoms. The molecule has 16 heavy (non-hydrogen) atoms. The highest BCUT2D eigenvalue weighted by Crippen LogP contribution is 2.13. The normalized spacial score (nSPS) is 11.4.